The first-order chi connectivity index (χ1) is 15.0. The molecule has 1 heterocycles. The highest BCUT2D eigenvalue weighted by molar-refractivity contribution is 8.26. The second-order valence-corrected chi connectivity index (χ2v) is 8.71. The average molecular weight is 453 g/mol. The number of hydrogen-bond acceptors (Lipinski definition) is 5. The van der Waals surface area contributed by atoms with Gasteiger partial charge in [-0.1, -0.05) is 72.9 Å². The maximum atomic E-state index is 12.6. The number of allylic oxidation sites excluding steroid dienone is 2. The van der Waals surface area contributed by atoms with E-state index in [0.717, 1.165) is 24.8 Å². The molecule has 1 aliphatic rings. The van der Waals surface area contributed by atoms with Crippen LogP contribution in [-0.2, 0) is 9.59 Å². The number of nitrogens with one attached hydrogen (secondary N) is 1. The van der Waals surface area contributed by atoms with E-state index < -0.39 is 0 Å². The van der Waals surface area contributed by atoms with Gasteiger partial charge in [-0.15, -0.1) is 0 Å². The molecule has 0 unspecified atom stereocenters. The third-order valence-electron chi connectivity index (χ3n) is 4.65. The van der Waals surface area contributed by atoms with Crippen LogP contribution in [0.1, 0.15) is 31.2 Å². The second-order valence-electron chi connectivity index (χ2n) is 7.03. The van der Waals surface area contributed by atoms with Crippen LogP contribution in [-0.4, -0.2) is 32.7 Å². The van der Waals surface area contributed by atoms with Gasteiger partial charge in [-0.3, -0.25) is 14.5 Å². The van der Waals surface area contributed by atoms with Crippen LogP contribution in [0.25, 0.3) is 6.08 Å². The molecule has 5 nitrogen and oxygen atoms in total. The van der Waals surface area contributed by atoms with Gasteiger partial charge in [-0.25, -0.2) is 0 Å². The van der Waals surface area contributed by atoms with E-state index in [0.29, 0.717) is 27.9 Å². The number of amides is 2. The zero-order valence-electron chi connectivity index (χ0n) is 17.0. The molecule has 1 aliphatic heterocycles. The molecule has 0 aliphatic carbocycles. The number of thioether (sulfide) groups is 1. The van der Waals surface area contributed by atoms with E-state index in [9.17, 15) is 14.7 Å². The van der Waals surface area contributed by atoms with Gasteiger partial charge >= 0.3 is 0 Å². The number of carbonyl (C=O) groups is 2. The lowest BCUT2D eigenvalue weighted by atomic mass is 10.1. The Labute approximate surface area is 191 Å². The zero-order chi connectivity index (χ0) is 22.1. The summed E-state index contributed by atoms with van der Waals surface area (Å²) < 4.78 is 0.578. The van der Waals surface area contributed by atoms with Gasteiger partial charge in [0.15, 0.2) is 0 Å². The minimum atomic E-state index is -0.0653. The van der Waals surface area contributed by atoms with Crippen molar-refractivity contribution in [2.75, 3.05) is 11.9 Å². The topological polar surface area (TPSA) is 69.6 Å². The highest BCUT2D eigenvalue weighted by Gasteiger charge is 2.30. The molecule has 2 aromatic rings. The third-order valence-corrected chi connectivity index (χ3v) is 6.04. The second kappa shape index (κ2) is 11.5. The maximum absolute atomic E-state index is 12.6. The molecule has 2 amide bonds. The van der Waals surface area contributed by atoms with Crippen LogP contribution in [0.3, 0.4) is 0 Å². The predicted molar refractivity (Wildman–Crippen MR) is 131 cm³/mol. The van der Waals surface area contributed by atoms with E-state index in [1.807, 2.05) is 42.5 Å². The van der Waals surface area contributed by atoms with Gasteiger partial charge in [0.2, 0.25) is 5.91 Å². The maximum Gasteiger partial charge on any atom is 0.266 e. The molecule has 7 heteroatoms. The van der Waals surface area contributed by atoms with Crippen LogP contribution in [0, 0.1) is 0 Å². The summed E-state index contributed by atoms with van der Waals surface area (Å²) in [6.07, 6.45) is 8.38. The van der Waals surface area contributed by atoms with E-state index in [1.165, 1.54) is 23.9 Å². The van der Waals surface area contributed by atoms with Crippen LogP contribution >= 0.6 is 24.0 Å². The molecular weight excluding hydrogens is 428 g/mol. The Balaban J connectivity index is 1.38. The number of benzene rings is 2. The Morgan fingerprint density at radius 2 is 1.81 bits per heavy atom. The minimum Gasteiger partial charge on any atom is -0.508 e. The first-order valence-electron chi connectivity index (χ1n) is 10.1. The molecular formula is C24H24N2O3S2. The fourth-order valence-corrected chi connectivity index (χ4v) is 4.28. The Kier molecular flexibility index (Phi) is 8.44. The number of nitrogens with zero attached hydrogens (tertiary/aromatic N) is 1. The van der Waals surface area contributed by atoms with Crippen molar-refractivity contribution < 1.29 is 14.7 Å². The van der Waals surface area contributed by atoms with E-state index in [1.54, 1.807) is 23.1 Å². The van der Waals surface area contributed by atoms with Crippen molar-refractivity contribution in [1.82, 2.24) is 4.90 Å². The van der Waals surface area contributed by atoms with Crippen LogP contribution in [0.4, 0.5) is 5.69 Å². The highest BCUT2D eigenvalue weighted by Crippen LogP contribution is 2.31. The number of phenolic OH excluding ortho intramolecular Hbond substituents is 1. The zero-order valence-corrected chi connectivity index (χ0v) is 18.6. The Hall–Kier alpha value is -2.90. The van der Waals surface area contributed by atoms with E-state index in [2.05, 4.69) is 5.32 Å². The monoisotopic (exact) mass is 452 g/mol. The lowest BCUT2D eigenvalue weighted by molar-refractivity contribution is -0.122. The summed E-state index contributed by atoms with van der Waals surface area (Å²) in [5.41, 5.74) is 1.73. The first kappa shape index (κ1) is 22.8. The van der Waals surface area contributed by atoms with Crippen molar-refractivity contribution in [3.05, 3.63) is 77.2 Å². The number of anilines is 1. The lowest BCUT2D eigenvalue weighted by Gasteiger charge is -2.14. The van der Waals surface area contributed by atoms with Crippen molar-refractivity contribution in [3.63, 3.8) is 0 Å². The predicted octanol–water partition coefficient (Wildman–Crippen LogP) is 5.35. The van der Waals surface area contributed by atoms with Crippen molar-refractivity contribution in [3.8, 4) is 5.75 Å². The largest absolute Gasteiger partial charge is 0.508 e. The molecule has 2 aromatic carbocycles. The van der Waals surface area contributed by atoms with Gasteiger partial charge in [0.05, 0.1) is 4.91 Å². The number of thiocarbonyl (C=S) groups is 1. The Morgan fingerprint density at radius 1 is 1.06 bits per heavy atom. The summed E-state index contributed by atoms with van der Waals surface area (Å²) in [4.78, 5) is 26.8. The fraction of sp³-hybridized carbons (Fsp3) is 0.208. The van der Waals surface area contributed by atoms with E-state index >= 15 is 0 Å². The molecule has 0 radical (unpaired) electrons. The quantitative estimate of drug-likeness (QED) is 0.232. The average Bonchev–Trinajstić information content (AvgIpc) is 3.03. The molecule has 3 rings (SSSR count). The molecule has 2 N–H and O–H groups in total. The van der Waals surface area contributed by atoms with Crippen LogP contribution in [0.15, 0.2) is 71.7 Å². The Morgan fingerprint density at radius 3 is 2.55 bits per heavy atom. The Bertz CT molecular complexity index is 986. The molecule has 31 heavy (non-hydrogen) atoms. The molecule has 0 bridgehead atoms. The number of carbonyl (C=O) groups excluding carboxylic acids is 2. The summed E-state index contributed by atoms with van der Waals surface area (Å²) in [5, 5.41) is 12.1. The van der Waals surface area contributed by atoms with Crippen LogP contribution in [0.5, 0.6) is 5.75 Å². The molecule has 0 spiro atoms. The number of unbranched alkanes of at least 4 members (excludes halogenated alkanes) is 2. The standard InChI is InChI=1S/C24H24N2O3S2/c27-20-15-13-19(14-16-20)25-22(28)12-5-2-6-17-26-23(29)21(31-24(26)30)11-7-10-18-8-3-1-4-9-18/h1,3-4,7-11,13-16,27H,2,5-6,12,17H2,(H,25,28)/b10-7+,21-11-. The van der Waals surface area contributed by atoms with Gasteiger partial charge < -0.3 is 10.4 Å². The summed E-state index contributed by atoms with van der Waals surface area (Å²) >= 11 is 6.68. The van der Waals surface area contributed by atoms with Gasteiger partial charge in [-0.2, -0.15) is 0 Å². The van der Waals surface area contributed by atoms with Gasteiger partial charge in [0.25, 0.3) is 5.91 Å². The first-order valence-corrected chi connectivity index (χ1v) is 11.3. The van der Waals surface area contributed by atoms with E-state index in [4.69, 9.17) is 12.2 Å². The normalized spacial score (nSPS) is 15.2. The van der Waals surface area contributed by atoms with Gasteiger partial charge in [0, 0.05) is 18.7 Å². The van der Waals surface area contributed by atoms with Gasteiger partial charge in [0.1, 0.15) is 10.1 Å². The summed E-state index contributed by atoms with van der Waals surface area (Å²) in [5.74, 6) is 0.0398. The highest BCUT2D eigenvalue weighted by atomic mass is 32.2. The van der Waals surface area contributed by atoms with Crippen molar-refractivity contribution in [2.45, 2.75) is 25.7 Å². The fourth-order valence-electron chi connectivity index (χ4n) is 3.02. The lowest BCUT2D eigenvalue weighted by Crippen LogP contribution is -2.29. The molecule has 1 saturated heterocycles. The molecule has 0 aromatic heterocycles. The molecule has 0 atom stereocenters. The van der Waals surface area contributed by atoms with E-state index in [-0.39, 0.29) is 17.6 Å². The van der Waals surface area contributed by atoms with Crippen LogP contribution < -0.4 is 5.32 Å². The SMILES string of the molecule is O=C(CCCCCN1C(=O)/C(=C/C=C/c2ccccc2)SC1=S)Nc1ccc(O)cc1. The molecule has 0 saturated carbocycles. The number of aromatic hydroxyl groups is 1. The molecule has 1 fully saturated rings. The van der Waals surface area contributed by atoms with Crippen LogP contribution in [0.2, 0.25) is 0 Å². The smallest absolute Gasteiger partial charge is 0.266 e. The summed E-state index contributed by atoms with van der Waals surface area (Å²) in [6, 6.07) is 16.3. The summed E-state index contributed by atoms with van der Waals surface area (Å²) in [6.45, 7) is 0.560. The third kappa shape index (κ3) is 7.08. The number of rotatable bonds is 9. The summed E-state index contributed by atoms with van der Waals surface area (Å²) in [7, 11) is 0. The van der Waals surface area contributed by atoms with Crippen molar-refractivity contribution >= 4 is 51.9 Å². The minimum absolute atomic E-state index is 0.0576. The van der Waals surface area contributed by atoms with Crippen molar-refractivity contribution in [2.24, 2.45) is 0 Å². The van der Waals surface area contributed by atoms with Crippen molar-refractivity contribution in [1.29, 1.82) is 0 Å². The number of hydrogen-bond donors (Lipinski definition) is 2. The number of phenols is 1. The molecule has 160 valence electrons. The van der Waals surface area contributed by atoms with Gasteiger partial charge in [-0.05, 0) is 48.7 Å².